The molecule has 1 fully saturated rings. The molecular formula is C14H21ClN2. The van der Waals surface area contributed by atoms with E-state index in [1.165, 1.54) is 5.56 Å². The summed E-state index contributed by atoms with van der Waals surface area (Å²) in [5, 5.41) is 0.817. The lowest BCUT2D eigenvalue weighted by atomic mass is 9.83. The Kier molecular flexibility index (Phi) is 4.08. The van der Waals surface area contributed by atoms with Crippen molar-refractivity contribution < 1.29 is 0 Å². The van der Waals surface area contributed by atoms with E-state index in [1.54, 1.807) is 0 Å². The van der Waals surface area contributed by atoms with Crippen LogP contribution < -0.4 is 5.73 Å². The second-order valence-electron chi connectivity index (χ2n) is 5.30. The molecule has 0 spiro atoms. The van der Waals surface area contributed by atoms with Crippen LogP contribution in [0.1, 0.15) is 24.8 Å². The fourth-order valence-corrected chi connectivity index (χ4v) is 2.61. The van der Waals surface area contributed by atoms with Crippen LogP contribution in [0.15, 0.2) is 24.3 Å². The molecule has 3 heteroatoms. The molecule has 2 rings (SSSR count). The van der Waals surface area contributed by atoms with E-state index in [1.807, 2.05) is 18.2 Å². The van der Waals surface area contributed by atoms with E-state index in [0.717, 1.165) is 43.8 Å². The van der Waals surface area contributed by atoms with Crippen molar-refractivity contribution in [3.63, 3.8) is 0 Å². The van der Waals surface area contributed by atoms with Crippen LogP contribution >= 0.6 is 11.6 Å². The van der Waals surface area contributed by atoms with Gasteiger partial charge in [0.05, 0.1) is 0 Å². The topological polar surface area (TPSA) is 29.3 Å². The molecule has 2 N–H and O–H groups in total. The summed E-state index contributed by atoms with van der Waals surface area (Å²) in [5.41, 5.74) is 7.76. The van der Waals surface area contributed by atoms with E-state index < -0.39 is 0 Å². The molecule has 0 unspecified atom stereocenters. The quantitative estimate of drug-likeness (QED) is 0.896. The second-order valence-corrected chi connectivity index (χ2v) is 5.73. The zero-order chi connectivity index (χ0) is 12.3. The van der Waals surface area contributed by atoms with E-state index in [9.17, 15) is 0 Å². The third kappa shape index (κ3) is 3.70. The number of aryl methyl sites for hydroxylation is 1. The number of hydrogen-bond donors (Lipinski definition) is 1. The van der Waals surface area contributed by atoms with Crippen molar-refractivity contribution in [3.8, 4) is 0 Å². The van der Waals surface area contributed by atoms with Crippen molar-refractivity contribution >= 4 is 11.6 Å². The van der Waals surface area contributed by atoms with Gasteiger partial charge in [0, 0.05) is 10.6 Å². The highest BCUT2D eigenvalue weighted by Gasteiger charge is 2.28. The Bertz CT molecular complexity index is 370. The largest absolute Gasteiger partial charge is 0.325 e. The van der Waals surface area contributed by atoms with Crippen LogP contribution in [0, 0.1) is 0 Å². The highest BCUT2D eigenvalue weighted by atomic mass is 35.5. The van der Waals surface area contributed by atoms with Gasteiger partial charge in [-0.2, -0.15) is 0 Å². The third-order valence-electron chi connectivity index (χ3n) is 3.78. The SMILES string of the molecule is CN1CCC(N)(CCc2cccc(Cl)c2)CC1. The van der Waals surface area contributed by atoms with Crippen LogP contribution in [0.3, 0.4) is 0 Å². The first-order chi connectivity index (χ1) is 8.07. The Labute approximate surface area is 109 Å². The summed E-state index contributed by atoms with van der Waals surface area (Å²) in [6, 6.07) is 8.10. The lowest BCUT2D eigenvalue weighted by Gasteiger charge is -2.37. The summed E-state index contributed by atoms with van der Waals surface area (Å²) in [6.07, 6.45) is 4.29. The van der Waals surface area contributed by atoms with E-state index in [-0.39, 0.29) is 5.54 Å². The molecule has 1 heterocycles. The van der Waals surface area contributed by atoms with Crippen molar-refractivity contribution in [1.29, 1.82) is 0 Å². The first-order valence-electron chi connectivity index (χ1n) is 6.29. The van der Waals surface area contributed by atoms with Crippen molar-refractivity contribution in [1.82, 2.24) is 4.90 Å². The Morgan fingerprint density at radius 3 is 2.71 bits per heavy atom. The number of likely N-dealkylation sites (tertiary alicyclic amines) is 1. The van der Waals surface area contributed by atoms with Gasteiger partial charge in [-0.05, 0) is 63.5 Å². The first kappa shape index (κ1) is 12.9. The highest BCUT2D eigenvalue weighted by Crippen LogP contribution is 2.24. The Hall–Kier alpha value is -0.570. The third-order valence-corrected chi connectivity index (χ3v) is 4.02. The minimum Gasteiger partial charge on any atom is -0.325 e. The average Bonchev–Trinajstić information content (AvgIpc) is 2.31. The number of rotatable bonds is 3. The van der Waals surface area contributed by atoms with Crippen molar-refractivity contribution in [3.05, 3.63) is 34.9 Å². The molecular weight excluding hydrogens is 232 g/mol. The van der Waals surface area contributed by atoms with Crippen LogP contribution in [0.5, 0.6) is 0 Å². The smallest absolute Gasteiger partial charge is 0.0408 e. The summed E-state index contributed by atoms with van der Waals surface area (Å²) in [7, 11) is 2.16. The molecule has 1 saturated heterocycles. The summed E-state index contributed by atoms with van der Waals surface area (Å²) < 4.78 is 0. The zero-order valence-electron chi connectivity index (χ0n) is 10.5. The molecule has 0 radical (unpaired) electrons. The number of hydrogen-bond acceptors (Lipinski definition) is 2. The van der Waals surface area contributed by atoms with Gasteiger partial charge in [-0.3, -0.25) is 0 Å². The molecule has 0 aromatic heterocycles. The predicted octanol–water partition coefficient (Wildman–Crippen LogP) is 2.70. The standard InChI is InChI=1S/C14H21ClN2/c1-17-9-7-14(16,8-10-17)6-5-12-3-2-4-13(15)11-12/h2-4,11H,5-10,16H2,1H3. The number of halogens is 1. The van der Waals surface area contributed by atoms with Gasteiger partial charge in [-0.1, -0.05) is 23.7 Å². The van der Waals surface area contributed by atoms with Gasteiger partial charge in [0.1, 0.15) is 0 Å². The predicted molar refractivity (Wildman–Crippen MR) is 73.4 cm³/mol. The molecule has 17 heavy (non-hydrogen) atoms. The van der Waals surface area contributed by atoms with E-state index in [0.29, 0.717) is 0 Å². The number of benzene rings is 1. The maximum absolute atomic E-state index is 6.45. The first-order valence-corrected chi connectivity index (χ1v) is 6.67. The van der Waals surface area contributed by atoms with Gasteiger partial charge in [-0.15, -0.1) is 0 Å². The molecule has 2 nitrogen and oxygen atoms in total. The van der Waals surface area contributed by atoms with E-state index >= 15 is 0 Å². The van der Waals surface area contributed by atoms with Crippen LogP contribution in [-0.4, -0.2) is 30.6 Å². The average molecular weight is 253 g/mol. The number of nitrogens with zero attached hydrogens (tertiary/aromatic N) is 1. The van der Waals surface area contributed by atoms with Crippen molar-refractivity contribution in [2.45, 2.75) is 31.2 Å². The summed E-state index contributed by atoms with van der Waals surface area (Å²) in [4.78, 5) is 2.35. The molecule has 0 bridgehead atoms. The van der Waals surface area contributed by atoms with Crippen LogP contribution in [0.2, 0.25) is 5.02 Å². The lowest BCUT2D eigenvalue weighted by molar-refractivity contribution is 0.182. The summed E-state index contributed by atoms with van der Waals surface area (Å²) in [6.45, 7) is 2.23. The molecule has 0 saturated carbocycles. The Balaban J connectivity index is 1.89. The second kappa shape index (κ2) is 5.38. The Morgan fingerprint density at radius 1 is 1.35 bits per heavy atom. The molecule has 1 aromatic carbocycles. The van der Waals surface area contributed by atoms with E-state index in [2.05, 4.69) is 18.0 Å². The Morgan fingerprint density at radius 2 is 2.06 bits per heavy atom. The fourth-order valence-electron chi connectivity index (χ4n) is 2.40. The van der Waals surface area contributed by atoms with Crippen molar-refractivity contribution in [2.24, 2.45) is 5.73 Å². The fraction of sp³-hybridized carbons (Fsp3) is 0.571. The highest BCUT2D eigenvalue weighted by molar-refractivity contribution is 6.30. The van der Waals surface area contributed by atoms with Crippen molar-refractivity contribution in [2.75, 3.05) is 20.1 Å². The van der Waals surface area contributed by atoms with Gasteiger partial charge in [0.25, 0.3) is 0 Å². The van der Waals surface area contributed by atoms with Gasteiger partial charge >= 0.3 is 0 Å². The summed E-state index contributed by atoms with van der Waals surface area (Å²) >= 11 is 5.98. The maximum Gasteiger partial charge on any atom is 0.0408 e. The van der Waals surface area contributed by atoms with Gasteiger partial charge in [-0.25, -0.2) is 0 Å². The molecule has 1 aromatic rings. The van der Waals surface area contributed by atoms with Gasteiger partial charge < -0.3 is 10.6 Å². The van der Waals surface area contributed by atoms with Gasteiger partial charge in [0.2, 0.25) is 0 Å². The number of nitrogens with two attached hydrogens (primary N) is 1. The zero-order valence-corrected chi connectivity index (χ0v) is 11.2. The number of piperidine rings is 1. The monoisotopic (exact) mass is 252 g/mol. The molecule has 94 valence electrons. The van der Waals surface area contributed by atoms with Crippen LogP contribution in [-0.2, 0) is 6.42 Å². The molecule has 0 amide bonds. The van der Waals surface area contributed by atoms with Gasteiger partial charge in [0.15, 0.2) is 0 Å². The normalized spacial score (nSPS) is 20.4. The maximum atomic E-state index is 6.45. The summed E-state index contributed by atoms with van der Waals surface area (Å²) in [5.74, 6) is 0. The van der Waals surface area contributed by atoms with Crippen LogP contribution in [0.4, 0.5) is 0 Å². The van der Waals surface area contributed by atoms with E-state index in [4.69, 9.17) is 17.3 Å². The molecule has 0 atom stereocenters. The van der Waals surface area contributed by atoms with Crippen LogP contribution in [0.25, 0.3) is 0 Å². The minimum absolute atomic E-state index is 0.0226. The molecule has 0 aliphatic carbocycles. The molecule has 1 aliphatic rings. The lowest BCUT2D eigenvalue weighted by Crippen LogP contribution is -2.49. The molecule has 1 aliphatic heterocycles. The minimum atomic E-state index is 0.0226.